The van der Waals surface area contributed by atoms with Gasteiger partial charge in [-0.1, -0.05) is 0 Å². The Morgan fingerprint density at radius 2 is 1.73 bits per heavy atom. The maximum atomic E-state index is 9.86. The van der Waals surface area contributed by atoms with Crippen molar-refractivity contribution in [2.75, 3.05) is 49.4 Å². The van der Waals surface area contributed by atoms with E-state index >= 15 is 0 Å². The van der Waals surface area contributed by atoms with Gasteiger partial charge in [0.15, 0.2) is 0 Å². The molecule has 0 spiro atoms. The van der Waals surface area contributed by atoms with Crippen LogP contribution in [0.4, 0.5) is 4.79 Å². The number of ether oxygens (including phenoxy) is 1. The predicted molar refractivity (Wildman–Crippen MR) is 85.6 cm³/mol. The maximum absolute atomic E-state index is 9.86. The Kier molecular flexibility index (Phi) is 32.6. The molecule has 0 aliphatic carbocycles. The van der Waals surface area contributed by atoms with Gasteiger partial charge in [-0.25, -0.2) is 0 Å². The van der Waals surface area contributed by atoms with E-state index in [-0.39, 0.29) is 52.5 Å². The third-order valence-electron chi connectivity index (χ3n) is 1.57. The summed E-state index contributed by atoms with van der Waals surface area (Å²) >= 11 is 3.15. The molecule has 0 bridgehead atoms. The van der Waals surface area contributed by atoms with Crippen LogP contribution in [0.1, 0.15) is 6.42 Å². The molecule has 0 saturated heterocycles. The first-order valence-electron chi connectivity index (χ1n) is 6.18. The molecule has 3 N–H and O–H groups in total. The van der Waals surface area contributed by atoms with Crippen molar-refractivity contribution in [3.05, 3.63) is 11.1 Å². The van der Waals surface area contributed by atoms with Crippen LogP contribution in [0.5, 0.6) is 0 Å². The first-order valence-corrected chi connectivity index (χ1v) is 8.49. The minimum absolute atomic E-state index is 0. The maximum Gasteiger partial charge on any atom is 0.227 e. The Labute approximate surface area is 164 Å². The number of nitrogens with one attached hydrogen (secondary N) is 1. The molecule has 1 radical (unpaired) electrons. The van der Waals surface area contributed by atoms with Crippen molar-refractivity contribution in [3.63, 3.8) is 0 Å². The summed E-state index contributed by atoms with van der Waals surface area (Å²) in [5.74, 6) is 3.01. The van der Waals surface area contributed by atoms with Crippen molar-refractivity contribution in [1.82, 2.24) is 0 Å². The Balaban J connectivity index is -0.000000315. The van der Waals surface area contributed by atoms with Crippen LogP contribution in [0.3, 0.4) is 0 Å². The molecule has 0 unspecified atom stereocenters. The fraction of sp³-hybridized carbons (Fsp3) is 0.818. The first-order chi connectivity index (χ1) is 10.2. The van der Waals surface area contributed by atoms with Crippen LogP contribution >= 0.6 is 23.5 Å². The number of hydrogen-bond acceptors (Lipinski definition) is 8. The van der Waals surface area contributed by atoms with Crippen molar-refractivity contribution in [2.45, 2.75) is 6.42 Å². The van der Waals surface area contributed by atoms with E-state index in [1.165, 1.54) is 11.8 Å². The summed E-state index contributed by atoms with van der Waals surface area (Å²) in [6.07, 6.45) is 0.306. The number of hydrogen-bond donors (Lipinski definition) is 2. The Morgan fingerprint density at radius 1 is 1.09 bits per heavy atom. The predicted octanol–water partition coefficient (Wildman–Crippen LogP) is 1.55. The second-order valence-electron chi connectivity index (χ2n) is 3.19. The molecule has 0 aliphatic heterocycles. The summed E-state index contributed by atoms with van der Waals surface area (Å²) in [5, 5.41) is 24.7. The van der Waals surface area contributed by atoms with Crippen molar-refractivity contribution in [1.29, 1.82) is 0 Å². The van der Waals surface area contributed by atoms with Gasteiger partial charge in [-0.15, -0.1) is 0 Å². The fourth-order valence-electron chi connectivity index (χ4n) is 0.800. The van der Waals surface area contributed by atoms with Gasteiger partial charge in [0, 0.05) is 63.0 Å². The zero-order valence-electron chi connectivity index (χ0n) is 12.3. The number of aliphatic hydroxyl groups excluding tert-OH is 2. The Morgan fingerprint density at radius 3 is 2.27 bits per heavy atom. The third kappa shape index (κ3) is 32.4. The van der Waals surface area contributed by atoms with Gasteiger partial charge in [0.1, 0.15) is 6.61 Å². The summed E-state index contributed by atoms with van der Waals surface area (Å²) in [5.41, 5.74) is 6.34. The van der Waals surface area contributed by atoms with Gasteiger partial charge in [0.2, 0.25) is 6.09 Å². The second-order valence-corrected chi connectivity index (χ2v) is 5.63. The largest absolute Gasteiger partial charge is 0.775 e. The van der Waals surface area contributed by atoms with Crippen LogP contribution in [0.15, 0.2) is 0 Å². The molecule has 0 saturated carbocycles. The number of nitrogens with zero attached hydrogens (tertiary/aromatic N) is 1. The summed E-state index contributed by atoms with van der Waals surface area (Å²) in [6.45, 7) is 1.06. The van der Waals surface area contributed by atoms with Crippen molar-refractivity contribution >= 4 is 36.0 Å². The zero-order chi connectivity index (χ0) is 16.2. The molecule has 0 aromatic carbocycles. The van der Waals surface area contributed by atoms with Crippen molar-refractivity contribution in [2.24, 2.45) is 0 Å². The van der Waals surface area contributed by atoms with Gasteiger partial charge in [-0.3, -0.25) is 4.79 Å². The van der Waals surface area contributed by atoms with E-state index in [1.807, 2.05) is 0 Å². The van der Waals surface area contributed by atoms with Gasteiger partial charge in [-0.05, 0) is 12.2 Å². The van der Waals surface area contributed by atoms with E-state index in [0.29, 0.717) is 24.5 Å². The fourth-order valence-corrected chi connectivity index (χ4v) is 2.06. The number of carbonyl (C=O) groups excluding carboxylic acids is 1. The average Bonchev–Trinajstić information content (AvgIpc) is 2.47. The molecule has 8 nitrogen and oxygen atoms in total. The van der Waals surface area contributed by atoms with Gasteiger partial charge in [0.05, 0.1) is 13.2 Å². The average molecular weight is 431 g/mol. The topological polar surface area (TPSA) is 131 Å². The minimum atomic E-state index is -0.996. The number of amides is 1. The second kappa shape index (κ2) is 26.3. The quantitative estimate of drug-likeness (QED) is 0.148. The summed E-state index contributed by atoms with van der Waals surface area (Å²) < 4.78 is 4.31. The number of aliphatic hydroxyl groups is 2. The molecule has 11 heteroatoms. The van der Waals surface area contributed by atoms with Crippen LogP contribution < -0.4 is 0 Å². The summed E-state index contributed by atoms with van der Waals surface area (Å²) in [6, 6.07) is 0. The molecule has 0 atom stereocenters. The van der Waals surface area contributed by atoms with E-state index in [1.54, 1.807) is 11.8 Å². The van der Waals surface area contributed by atoms with Gasteiger partial charge >= 0.3 is 0 Å². The Bertz CT molecular complexity index is 243. The SMILES string of the molecule is [N-]=COOCCSCCCO.[NH-]C(=O)OCCSCCO.[Y]. The normalized spacial score (nSPS) is 9.00. The molecule has 0 fully saturated rings. The van der Waals surface area contributed by atoms with Crippen LogP contribution in [0, 0.1) is 0 Å². The Hall–Kier alpha value is 0.424. The molecule has 22 heavy (non-hydrogen) atoms. The zero-order valence-corrected chi connectivity index (χ0v) is 16.8. The molecule has 0 heterocycles. The van der Waals surface area contributed by atoms with E-state index in [9.17, 15) is 4.79 Å². The molecule has 0 aromatic heterocycles. The summed E-state index contributed by atoms with van der Waals surface area (Å²) in [4.78, 5) is 18.4. The van der Waals surface area contributed by atoms with Crippen LogP contribution in [0.25, 0.3) is 11.1 Å². The molecule has 129 valence electrons. The van der Waals surface area contributed by atoms with E-state index < -0.39 is 6.09 Å². The van der Waals surface area contributed by atoms with Crippen LogP contribution in [-0.4, -0.2) is 72.1 Å². The number of rotatable bonds is 13. The molecular weight excluding hydrogens is 409 g/mol. The molecular formula is C11H22N2O6S2Y-2. The van der Waals surface area contributed by atoms with E-state index in [0.717, 1.165) is 17.9 Å². The molecule has 1 amide bonds. The standard InChI is InChI=1S/C6H12NO3S.C5H11NO3S.Y/c7-6-10-9-3-5-11-4-1-2-8;6-5(8)9-2-4-10-3-1-7;/h6,8H,1-5H2;7H,1-4H2,(H2,6,8);/q-1;;/p-1. The van der Waals surface area contributed by atoms with E-state index in [4.69, 9.17) is 21.4 Å². The monoisotopic (exact) mass is 431 g/mol. The smallest absolute Gasteiger partial charge is 0.227 e. The van der Waals surface area contributed by atoms with Crippen molar-refractivity contribution in [3.8, 4) is 0 Å². The van der Waals surface area contributed by atoms with Crippen LogP contribution in [-0.2, 0) is 47.2 Å². The molecule has 0 aromatic rings. The molecule has 0 rings (SSSR count). The molecule has 0 aliphatic rings. The first kappa shape index (κ1) is 27.3. The van der Waals surface area contributed by atoms with Crippen molar-refractivity contribution < 1.29 is 62.2 Å². The summed E-state index contributed by atoms with van der Waals surface area (Å²) in [7, 11) is 0. The minimum Gasteiger partial charge on any atom is -0.775 e. The van der Waals surface area contributed by atoms with Gasteiger partial charge < -0.3 is 31.0 Å². The third-order valence-corrected chi connectivity index (χ3v) is 3.52. The van der Waals surface area contributed by atoms with Crippen LogP contribution in [0.2, 0.25) is 0 Å². The number of thioether (sulfide) groups is 2. The van der Waals surface area contributed by atoms with E-state index in [2.05, 4.69) is 14.5 Å². The van der Waals surface area contributed by atoms with Gasteiger partial charge in [-0.2, -0.15) is 28.4 Å². The van der Waals surface area contributed by atoms with Gasteiger partial charge in [0.25, 0.3) is 0 Å². The number of carbonyl (C=O) groups is 1.